The summed E-state index contributed by atoms with van der Waals surface area (Å²) in [6, 6.07) is 9.15. The minimum Gasteiger partial charge on any atom is -0.354 e. The highest BCUT2D eigenvalue weighted by atomic mass is 16.2. The Kier molecular flexibility index (Phi) is 5.91. The van der Waals surface area contributed by atoms with Crippen molar-refractivity contribution < 1.29 is 9.59 Å². The predicted molar refractivity (Wildman–Crippen MR) is 71.3 cm³/mol. The summed E-state index contributed by atoms with van der Waals surface area (Å²) < 4.78 is 0. The molecule has 1 aromatic rings. The number of benzene rings is 1. The van der Waals surface area contributed by atoms with Crippen molar-refractivity contribution in [3.63, 3.8) is 0 Å². The SMILES string of the molecule is CCC(C)NC(=O)CCNC(=O)c1ccccc1. The molecule has 1 unspecified atom stereocenters. The molecule has 1 atom stereocenters. The average Bonchev–Trinajstić information content (AvgIpc) is 2.39. The Morgan fingerprint density at radius 2 is 1.89 bits per heavy atom. The first kappa shape index (κ1) is 14.2. The molecule has 4 heteroatoms. The number of carbonyl (C=O) groups is 2. The number of hydrogen-bond donors (Lipinski definition) is 2. The fraction of sp³-hybridized carbons (Fsp3) is 0.429. The normalized spacial score (nSPS) is 11.7. The Hall–Kier alpha value is -1.84. The van der Waals surface area contributed by atoms with Crippen LogP contribution in [0.2, 0.25) is 0 Å². The zero-order valence-corrected chi connectivity index (χ0v) is 10.9. The van der Waals surface area contributed by atoms with Crippen LogP contribution >= 0.6 is 0 Å². The minimum atomic E-state index is -0.146. The van der Waals surface area contributed by atoms with Crippen LogP contribution in [-0.2, 0) is 4.79 Å². The van der Waals surface area contributed by atoms with Crippen LogP contribution in [0.25, 0.3) is 0 Å². The quantitative estimate of drug-likeness (QED) is 0.805. The molecule has 0 saturated carbocycles. The van der Waals surface area contributed by atoms with E-state index in [2.05, 4.69) is 10.6 Å². The summed E-state index contributed by atoms with van der Waals surface area (Å²) in [5.74, 6) is -0.176. The highest BCUT2D eigenvalue weighted by molar-refractivity contribution is 5.94. The first-order chi connectivity index (χ1) is 8.63. The van der Waals surface area contributed by atoms with Crippen molar-refractivity contribution in [3.05, 3.63) is 35.9 Å². The first-order valence-electron chi connectivity index (χ1n) is 6.26. The van der Waals surface area contributed by atoms with Gasteiger partial charge >= 0.3 is 0 Å². The molecule has 0 bridgehead atoms. The number of nitrogens with one attached hydrogen (secondary N) is 2. The van der Waals surface area contributed by atoms with E-state index in [1.54, 1.807) is 12.1 Å². The van der Waals surface area contributed by atoms with E-state index in [9.17, 15) is 9.59 Å². The molecule has 0 aliphatic rings. The van der Waals surface area contributed by atoms with E-state index in [0.29, 0.717) is 18.5 Å². The lowest BCUT2D eigenvalue weighted by Gasteiger charge is -2.11. The Morgan fingerprint density at radius 1 is 1.22 bits per heavy atom. The average molecular weight is 248 g/mol. The smallest absolute Gasteiger partial charge is 0.251 e. The van der Waals surface area contributed by atoms with E-state index in [1.807, 2.05) is 32.0 Å². The van der Waals surface area contributed by atoms with Gasteiger partial charge in [-0.15, -0.1) is 0 Å². The fourth-order valence-corrected chi connectivity index (χ4v) is 1.43. The molecule has 2 N–H and O–H groups in total. The molecule has 0 aromatic heterocycles. The van der Waals surface area contributed by atoms with Gasteiger partial charge in [-0.2, -0.15) is 0 Å². The van der Waals surface area contributed by atoms with Gasteiger partial charge in [0.15, 0.2) is 0 Å². The zero-order chi connectivity index (χ0) is 13.4. The molecule has 0 radical (unpaired) electrons. The van der Waals surface area contributed by atoms with E-state index in [1.165, 1.54) is 0 Å². The number of carbonyl (C=O) groups excluding carboxylic acids is 2. The largest absolute Gasteiger partial charge is 0.354 e. The minimum absolute atomic E-state index is 0.0299. The van der Waals surface area contributed by atoms with E-state index in [4.69, 9.17) is 0 Å². The second kappa shape index (κ2) is 7.48. The molecule has 4 nitrogen and oxygen atoms in total. The molecule has 98 valence electrons. The van der Waals surface area contributed by atoms with Crippen LogP contribution in [0, 0.1) is 0 Å². The third kappa shape index (κ3) is 4.99. The van der Waals surface area contributed by atoms with E-state index in [0.717, 1.165) is 6.42 Å². The van der Waals surface area contributed by atoms with Crippen LogP contribution in [0.15, 0.2) is 30.3 Å². The summed E-state index contributed by atoms with van der Waals surface area (Å²) in [7, 11) is 0. The molecule has 0 saturated heterocycles. The Labute approximate surface area is 108 Å². The van der Waals surface area contributed by atoms with E-state index in [-0.39, 0.29) is 17.9 Å². The number of amides is 2. The van der Waals surface area contributed by atoms with Gasteiger partial charge in [-0.25, -0.2) is 0 Å². The Morgan fingerprint density at radius 3 is 2.50 bits per heavy atom. The third-order valence-corrected chi connectivity index (χ3v) is 2.69. The lowest BCUT2D eigenvalue weighted by molar-refractivity contribution is -0.121. The van der Waals surface area contributed by atoms with Crippen LogP contribution in [0.5, 0.6) is 0 Å². The van der Waals surface area contributed by atoms with Gasteiger partial charge in [-0.3, -0.25) is 9.59 Å². The van der Waals surface area contributed by atoms with Crippen LogP contribution in [0.1, 0.15) is 37.0 Å². The van der Waals surface area contributed by atoms with Crippen LogP contribution in [0.4, 0.5) is 0 Å². The van der Waals surface area contributed by atoms with Gasteiger partial charge < -0.3 is 10.6 Å². The lowest BCUT2D eigenvalue weighted by Crippen LogP contribution is -2.35. The maximum Gasteiger partial charge on any atom is 0.251 e. The van der Waals surface area contributed by atoms with Crippen LogP contribution in [-0.4, -0.2) is 24.4 Å². The van der Waals surface area contributed by atoms with Crippen molar-refractivity contribution in [1.82, 2.24) is 10.6 Å². The molecule has 0 aliphatic heterocycles. The third-order valence-electron chi connectivity index (χ3n) is 2.69. The molecule has 2 amide bonds. The number of hydrogen-bond acceptors (Lipinski definition) is 2. The molecule has 0 fully saturated rings. The summed E-state index contributed by atoms with van der Waals surface area (Å²) in [4.78, 5) is 23.1. The van der Waals surface area contributed by atoms with Gasteiger partial charge in [-0.1, -0.05) is 25.1 Å². The standard InChI is InChI=1S/C14H20N2O2/c1-3-11(2)16-13(17)9-10-15-14(18)12-7-5-4-6-8-12/h4-8,11H,3,9-10H2,1-2H3,(H,15,18)(H,16,17). The number of rotatable bonds is 6. The zero-order valence-electron chi connectivity index (χ0n) is 10.9. The van der Waals surface area contributed by atoms with Crippen LogP contribution in [0.3, 0.4) is 0 Å². The molecule has 18 heavy (non-hydrogen) atoms. The lowest BCUT2D eigenvalue weighted by atomic mass is 10.2. The molecule has 1 aromatic carbocycles. The van der Waals surface area contributed by atoms with Crippen molar-refractivity contribution in [2.45, 2.75) is 32.7 Å². The topological polar surface area (TPSA) is 58.2 Å². The highest BCUT2D eigenvalue weighted by Crippen LogP contribution is 1.97. The summed E-state index contributed by atoms with van der Waals surface area (Å²) in [6.07, 6.45) is 1.21. The monoisotopic (exact) mass is 248 g/mol. The van der Waals surface area contributed by atoms with E-state index < -0.39 is 0 Å². The Balaban J connectivity index is 2.26. The van der Waals surface area contributed by atoms with E-state index >= 15 is 0 Å². The first-order valence-corrected chi connectivity index (χ1v) is 6.26. The van der Waals surface area contributed by atoms with Crippen molar-refractivity contribution >= 4 is 11.8 Å². The molecular weight excluding hydrogens is 228 g/mol. The summed E-state index contributed by atoms with van der Waals surface area (Å²) in [5.41, 5.74) is 0.611. The van der Waals surface area contributed by atoms with Crippen LogP contribution < -0.4 is 10.6 Å². The van der Waals surface area contributed by atoms with Crippen molar-refractivity contribution in [1.29, 1.82) is 0 Å². The summed E-state index contributed by atoms with van der Waals surface area (Å²) in [5, 5.41) is 5.57. The van der Waals surface area contributed by atoms with Crippen molar-refractivity contribution in [2.75, 3.05) is 6.54 Å². The van der Waals surface area contributed by atoms with Crippen molar-refractivity contribution in [3.8, 4) is 0 Å². The van der Waals surface area contributed by atoms with Gasteiger partial charge in [0, 0.05) is 24.6 Å². The van der Waals surface area contributed by atoms with Gasteiger partial charge in [0.1, 0.15) is 0 Å². The molecule has 0 spiro atoms. The second-order valence-corrected chi connectivity index (χ2v) is 4.25. The second-order valence-electron chi connectivity index (χ2n) is 4.25. The fourth-order valence-electron chi connectivity index (χ4n) is 1.43. The maximum atomic E-state index is 11.7. The van der Waals surface area contributed by atoms with Gasteiger partial charge in [-0.05, 0) is 25.5 Å². The van der Waals surface area contributed by atoms with Gasteiger partial charge in [0.2, 0.25) is 5.91 Å². The van der Waals surface area contributed by atoms with Gasteiger partial charge in [0.25, 0.3) is 5.91 Å². The molecular formula is C14H20N2O2. The predicted octanol–water partition coefficient (Wildman–Crippen LogP) is 1.72. The Bertz CT molecular complexity index is 390. The summed E-state index contributed by atoms with van der Waals surface area (Å²) >= 11 is 0. The molecule has 0 heterocycles. The van der Waals surface area contributed by atoms with Gasteiger partial charge in [0.05, 0.1) is 0 Å². The molecule has 1 rings (SSSR count). The highest BCUT2D eigenvalue weighted by Gasteiger charge is 2.07. The maximum absolute atomic E-state index is 11.7. The summed E-state index contributed by atoms with van der Waals surface area (Å²) in [6.45, 7) is 4.33. The van der Waals surface area contributed by atoms with Crippen molar-refractivity contribution in [2.24, 2.45) is 0 Å². The molecule has 0 aliphatic carbocycles.